The molecule has 1 atom stereocenters. The maximum absolute atomic E-state index is 12.0. The summed E-state index contributed by atoms with van der Waals surface area (Å²) in [6, 6.07) is 16.6. The maximum Gasteiger partial charge on any atom is 0.167 e. The van der Waals surface area contributed by atoms with Crippen molar-refractivity contribution in [1.82, 2.24) is 0 Å². The highest BCUT2D eigenvalue weighted by atomic mass is 32.2. The first-order chi connectivity index (χ1) is 8.66. The van der Waals surface area contributed by atoms with Gasteiger partial charge in [-0.1, -0.05) is 42.5 Å². The zero-order valence-corrected chi connectivity index (χ0v) is 10.9. The Labute approximate surface area is 109 Å². The van der Waals surface area contributed by atoms with Crippen molar-refractivity contribution in [1.29, 1.82) is 0 Å². The summed E-state index contributed by atoms with van der Waals surface area (Å²) in [7, 11) is -1.000. The molecule has 2 nitrogen and oxygen atoms in total. The second kappa shape index (κ2) is 5.74. The minimum absolute atomic E-state index is 0.0784. The number of carbonyl (C=O) groups is 1. The molecule has 2 rings (SSSR count). The molecule has 0 saturated heterocycles. The van der Waals surface area contributed by atoms with E-state index in [1.54, 1.807) is 30.5 Å². The van der Waals surface area contributed by atoms with Gasteiger partial charge in [-0.15, -0.1) is 0 Å². The molecule has 0 aromatic heterocycles. The Hall–Kier alpha value is -1.74. The molecule has 0 aliphatic heterocycles. The molecule has 0 heterocycles. The summed E-state index contributed by atoms with van der Waals surface area (Å²) in [6.45, 7) is 0. The van der Waals surface area contributed by atoms with E-state index in [2.05, 4.69) is 0 Å². The normalized spacial score (nSPS) is 12.1. The lowest BCUT2D eigenvalue weighted by Gasteiger charge is -2.02. The molecular formula is C15H14O2S. The van der Waals surface area contributed by atoms with E-state index < -0.39 is 10.8 Å². The van der Waals surface area contributed by atoms with E-state index in [1.807, 2.05) is 30.3 Å². The monoisotopic (exact) mass is 258 g/mol. The summed E-state index contributed by atoms with van der Waals surface area (Å²) in [4.78, 5) is 12.8. The molecule has 2 aromatic carbocycles. The fourth-order valence-corrected chi connectivity index (χ4v) is 2.24. The van der Waals surface area contributed by atoms with Crippen LogP contribution in [0.15, 0.2) is 59.5 Å². The zero-order valence-electron chi connectivity index (χ0n) is 10.1. The van der Waals surface area contributed by atoms with Crippen LogP contribution in [0.2, 0.25) is 0 Å². The summed E-state index contributed by atoms with van der Waals surface area (Å²) in [5, 5.41) is 0. The molecule has 0 bridgehead atoms. The van der Waals surface area contributed by atoms with Crippen LogP contribution in [0.25, 0.3) is 0 Å². The Morgan fingerprint density at radius 3 is 2.17 bits per heavy atom. The minimum atomic E-state index is -1.000. The van der Waals surface area contributed by atoms with Crippen LogP contribution < -0.4 is 0 Å². The summed E-state index contributed by atoms with van der Waals surface area (Å²) < 4.78 is 11.2. The van der Waals surface area contributed by atoms with Crippen LogP contribution in [0.3, 0.4) is 0 Å². The van der Waals surface area contributed by atoms with E-state index in [4.69, 9.17) is 0 Å². The van der Waals surface area contributed by atoms with Crippen LogP contribution in [0.1, 0.15) is 15.9 Å². The largest absolute Gasteiger partial charge is 0.294 e. The molecule has 3 heteroatoms. The van der Waals surface area contributed by atoms with Crippen molar-refractivity contribution in [3.8, 4) is 0 Å². The van der Waals surface area contributed by atoms with Gasteiger partial charge in [-0.25, -0.2) is 0 Å². The van der Waals surface area contributed by atoms with Crippen molar-refractivity contribution in [3.05, 3.63) is 65.7 Å². The summed E-state index contributed by atoms with van der Waals surface area (Å²) in [6.07, 6.45) is 2.02. The van der Waals surface area contributed by atoms with Crippen LogP contribution in [0.5, 0.6) is 0 Å². The third-order valence-corrected chi connectivity index (χ3v) is 3.65. The second-order valence-corrected chi connectivity index (χ2v) is 5.44. The van der Waals surface area contributed by atoms with Crippen LogP contribution in [-0.4, -0.2) is 16.2 Å². The second-order valence-electron chi connectivity index (χ2n) is 4.06. The van der Waals surface area contributed by atoms with Crippen LogP contribution in [-0.2, 0) is 17.2 Å². The van der Waals surface area contributed by atoms with Gasteiger partial charge in [-0.2, -0.15) is 0 Å². The maximum atomic E-state index is 12.0. The highest BCUT2D eigenvalue weighted by Crippen LogP contribution is 2.11. The van der Waals surface area contributed by atoms with Crippen LogP contribution in [0, 0.1) is 0 Å². The molecule has 0 radical (unpaired) electrons. The van der Waals surface area contributed by atoms with Gasteiger partial charge in [0.2, 0.25) is 0 Å². The van der Waals surface area contributed by atoms with Gasteiger partial charge in [0.05, 0.1) is 0 Å². The smallest absolute Gasteiger partial charge is 0.167 e. The first kappa shape index (κ1) is 12.7. The van der Waals surface area contributed by atoms with Gasteiger partial charge in [0.25, 0.3) is 0 Å². The Morgan fingerprint density at radius 1 is 1.00 bits per heavy atom. The van der Waals surface area contributed by atoms with Crippen molar-refractivity contribution in [2.45, 2.75) is 11.3 Å². The lowest BCUT2D eigenvalue weighted by Crippen LogP contribution is -2.03. The molecule has 0 aliphatic carbocycles. The van der Waals surface area contributed by atoms with Crippen molar-refractivity contribution < 1.29 is 9.00 Å². The average Bonchev–Trinajstić information content (AvgIpc) is 2.40. The molecule has 0 spiro atoms. The van der Waals surface area contributed by atoms with Crippen LogP contribution >= 0.6 is 0 Å². The molecule has 92 valence electrons. The number of carbonyl (C=O) groups excluding carboxylic acids is 1. The van der Waals surface area contributed by atoms with E-state index >= 15 is 0 Å². The molecule has 1 unspecified atom stereocenters. The molecule has 0 saturated carbocycles. The van der Waals surface area contributed by atoms with E-state index in [9.17, 15) is 9.00 Å². The van der Waals surface area contributed by atoms with Crippen molar-refractivity contribution in [3.63, 3.8) is 0 Å². The average molecular weight is 258 g/mol. The van der Waals surface area contributed by atoms with Gasteiger partial charge in [0.15, 0.2) is 5.78 Å². The van der Waals surface area contributed by atoms with Gasteiger partial charge in [-0.05, 0) is 17.7 Å². The fourth-order valence-electron chi connectivity index (χ4n) is 1.72. The van der Waals surface area contributed by atoms with Gasteiger partial charge in [0, 0.05) is 33.9 Å². The third kappa shape index (κ3) is 3.14. The zero-order chi connectivity index (χ0) is 13.0. The first-order valence-corrected chi connectivity index (χ1v) is 7.23. The number of benzene rings is 2. The molecule has 0 fully saturated rings. The van der Waals surface area contributed by atoms with E-state index in [-0.39, 0.29) is 5.78 Å². The van der Waals surface area contributed by atoms with Gasteiger partial charge in [-0.3, -0.25) is 9.00 Å². The van der Waals surface area contributed by atoms with Crippen molar-refractivity contribution >= 4 is 16.6 Å². The number of hydrogen-bond acceptors (Lipinski definition) is 2. The third-order valence-electron chi connectivity index (χ3n) is 2.72. The van der Waals surface area contributed by atoms with E-state index in [0.29, 0.717) is 12.0 Å². The van der Waals surface area contributed by atoms with Gasteiger partial charge < -0.3 is 0 Å². The SMILES string of the molecule is CS(=O)c1ccc(C(=O)Cc2ccccc2)cc1. The highest BCUT2D eigenvalue weighted by molar-refractivity contribution is 7.84. The number of hydrogen-bond donors (Lipinski definition) is 0. The predicted octanol–water partition coefficient (Wildman–Crippen LogP) is 2.85. The minimum Gasteiger partial charge on any atom is -0.294 e. The summed E-state index contributed by atoms with van der Waals surface area (Å²) in [5.41, 5.74) is 1.67. The molecule has 18 heavy (non-hydrogen) atoms. The number of Topliss-reactive ketones (excluding diaryl/α,β-unsaturated/α-hetero) is 1. The van der Waals surface area contributed by atoms with Gasteiger partial charge >= 0.3 is 0 Å². The Balaban J connectivity index is 2.12. The molecule has 0 amide bonds. The summed E-state index contributed by atoms with van der Waals surface area (Å²) in [5.74, 6) is 0.0784. The lowest BCUT2D eigenvalue weighted by atomic mass is 10.0. The standard InChI is InChI=1S/C15H14O2S/c1-18(17)14-9-7-13(8-10-14)15(16)11-12-5-3-2-4-6-12/h2-10H,11H2,1H3. The molecule has 2 aromatic rings. The molecule has 0 aliphatic rings. The van der Waals surface area contributed by atoms with Gasteiger partial charge in [0.1, 0.15) is 0 Å². The molecular weight excluding hydrogens is 244 g/mol. The van der Waals surface area contributed by atoms with Crippen molar-refractivity contribution in [2.24, 2.45) is 0 Å². The number of rotatable bonds is 4. The highest BCUT2D eigenvalue weighted by Gasteiger charge is 2.07. The Bertz CT molecular complexity index is 559. The Kier molecular flexibility index (Phi) is 4.05. The quantitative estimate of drug-likeness (QED) is 0.790. The number of ketones is 1. The first-order valence-electron chi connectivity index (χ1n) is 5.67. The summed E-state index contributed by atoms with van der Waals surface area (Å²) >= 11 is 0. The van der Waals surface area contributed by atoms with E-state index in [0.717, 1.165) is 10.5 Å². The van der Waals surface area contributed by atoms with Crippen LogP contribution in [0.4, 0.5) is 0 Å². The topological polar surface area (TPSA) is 34.1 Å². The van der Waals surface area contributed by atoms with Crippen molar-refractivity contribution in [2.75, 3.05) is 6.26 Å². The lowest BCUT2D eigenvalue weighted by molar-refractivity contribution is 0.0993. The van der Waals surface area contributed by atoms with E-state index in [1.165, 1.54) is 0 Å². The fraction of sp³-hybridized carbons (Fsp3) is 0.133. The Morgan fingerprint density at radius 2 is 1.61 bits per heavy atom. The molecule has 0 N–H and O–H groups in total. The predicted molar refractivity (Wildman–Crippen MR) is 73.3 cm³/mol.